The molecule has 0 fully saturated rings. The van der Waals surface area contributed by atoms with E-state index in [1.54, 1.807) is 0 Å². The van der Waals surface area contributed by atoms with Crippen LogP contribution < -0.4 is 10.6 Å². The number of carbonyl (C=O) groups is 1. The molecule has 2 aromatic heterocycles. The van der Waals surface area contributed by atoms with Gasteiger partial charge in [-0.15, -0.1) is 21.5 Å². The number of nitrogens with zero attached hydrogens (tertiary/aromatic N) is 3. The first-order chi connectivity index (χ1) is 14.2. The van der Waals surface area contributed by atoms with Gasteiger partial charge in [-0.3, -0.25) is 4.79 Å². The summed E-state index contributed by atoms with van der Waals surface area (Å²) in [6, 6.07) is 19.7. The van der Waals surface area contributed by atoms with Crippen molar-refractivity contribution in [2.45, 2.75) is 16.5 Å². The number of carbonyl (C=O) groups excluding carboxylic acids is 1. The minimum atomic E-state index is -0.323. The van der Waals surface area contributed by atoms with Crippen molar-refractivity contribution in [1.82, 2.24) is 15.2 Å². The first-order valence-electron chi connectivity index (χ1n) is 8.81. The van der Waals surface area contributed by atoms with Gasteiger partial charge in [-0.1, -0.05) is 71.6 Å². The lowest BCUT2D eigenvalue weighted by molar-refractivity contribution is -0.115. The highest BCUT2D eigenvalue weighted by Crippen LogP contribution is 2.31. The molecule has 4 aromatic rings. The molecule has 29 heavy (non-hydrogen) atoms. The molecule has 2 heterocycles. The normalized spacial score (nSPS) is 11.8. The molecule has 0 unspecified atom stereocenters. The number of rotatable bonds is 7. The van der Waals surface area contributed by atoms with E-state index in [1.165, 1.54) is 34.4 Å². The van der Waals surface area contributed by atoms with Gasteiger partial charge in [-0.05, 0) is 19.1 Å². The number of thiazole rings is 1. The molecule has 0 aliphatic heterocycles. The van der Waals surface area contributed by atoms with Gasteiger partial charge in [0.25, 0.3) is 0 Å². The van der Waals surface area contributed by atoms with Crippen LogP contribution in [0.5, 0.6) is 0 Å². The zero-order valence-electron chi connectivity index (χ0n) is 15.4. The minimum absolute atomic E-state index is 0.114. The third-order valence-electron chi connectivity index (χ3n) is 3.88. The van der Waals surface area contributed by atoms with Gasteiger partial charge in [0.15, 0.2) is 9.47 Å². The monoisotopic (exact) mass is 439 g/mol. The van der Waals surface area contributed by atoms with E-state index in [9.17, 15) is 4.79 Å². The zero-order valence-corrected chi connectivity index (χ0v) is 17.9. The lowest BCUT2D eigenvalue weighted by Gasteiger charge is -2.07. The van der Waals surface area contributed by atoms with Crippen molar-refractivity contribution in [3.05, 3.63) is 66.0 Å². The fourth-order valence-electron chi connectivity index (χ4n) is 2.44. The third kappa shape index (κ3) is 5.20. The molecule has 0 aliphatic carbocycles. The first-order valence-corrected chi connectivity index (χ1v) is 11.4. The molecule has 0 spiro atoms. The number of nitrogens with one attached hydrogen (secondary N) is 2. The number of thioether (sulfide) groups is 1. The Morgan fingerprint density at radius 2 is 1.72 bits per heavy atom. The van der Waals surface area contributed by atoms with Crippen molar-refractivity contribution in [3.63, 3.8) is 0 Å². The SMILES string of the molecule is C[C@H](Sc1nnc(Nc2ccccc2)s1)C(=O)Nc1nc(-c2ccccc2)cs1. The largest absolute Gasteiger partial charge is 0.330 e. The maximum atomic E-state index is 12.5. The molecule has 1 atom stereocenters. The van der Waals surface area contributed by atoms with Crippen LogP contribution in [0.25, 0.3) is 11.3 Å². The van der Waals surface area contributed by atoms with Crippen molar-refractivity contribution in [2.24, 2.45) is 0 Å². The number of hydrogen-bond acceptors (Lipinski definition) is 8. The predicted octanol–water partition coefficient (Wildman–Crippen LogP) is 5.52. The van der Waals surface area contributed by atoms with E-state index >= 15 is 0 Å². The topological polar surface area (TPSA) is 79.8 Å². The number of amides is 1. The summed E-state index contributed by atoms with van der Waals surface area (Å²) in [6.45, 7) is 1.84. The molecule has 4 rings (SSSR count). The molecule has 0 bridgehead atoms. The molecule has 0 saturated heterocycles. The van der Waals surface area contributed by atoms with Gasteiger partial charge >= 0.3 is 0 Å². The van der Waals surface area contributed by atoms with E-state index in [-0.39, 0.29) is 11.2 Å². The van der Waals surface area contributed by atoms with Crippen molar-refractivity contribution in [1.29, 1.82) is 0 Å². The standard InChI is InChI=1S/C20H17N5OS3/c1-13(28-20-25-24-19(29-20)21-15-10-6-3-7-11-15)17(26)23-18-22-16(12-27-18)14-8-4-2-5-9-14/h2-13H,1H3,(H,21,24)(H,22,23,26)/t13-/m0/s1. The van der Waals surface area contributed by atoms with Crippen LogP contribution in [-0.4, -0.2) is 26.3 Å². The molecule has 1 amide bonds. The lowest BCUT2D eigenvalue weighted by atomic mass is 10.2. The van der Waals surface area contributed by atoms with Gasteiger partial charge in [0, 0.05) is 16.6 Å². The van der Waals surface area contributed by atoms with Crippen LogP contribution >= 0.6 is 34.4 Å². The molecular formula is C20H17N5OS3. The summed E-state index contributed by atoms with van der Waals surface area (Å²) >= 11 is 4.21. The van der Waals surface area contributed by atoms with Crippen molar-refractivity contribution >= 4 is 56.3 Å². The summed E-state index contributed by atoms with van der Waals surface area (Å²) in [5, 5.41) is 17.3. The Morgan fingerprint density at radius 3 is 2.48 bits per heavy atom. The van der Waals surface area contributed by atoms with Crippen LogP contribution in [-0.2, 0) is 4.79 Å². The van der Waals surface area contributed by atoms with Gasteiger partial charge in [0.2, 0.25) is 11.0 Å². The fraction of sp³-hybridized carbons (Fsp3) is 0.100. The molecule has 146 valence electrons. The first kappa shape index (κ1) is 19.6. The van der Waals surface area contributed by atoms with Crippen LogP contribution in [0.15, 0.2) is 70.4 Å². The van der Waals surface area contributed by atoms with E-state index in [0.717, 1.165) is 21.3 Å². The maximum absolute atomic E-state index is 12.5. The molecule has 6 nitrogen and oxygen atoms in total. The zero-order chi connectivity index (χ0) is 20.1. The summed E-state index contributed by atoms with van der Waals surface area (Å²) in [4.78, 5) is 17.0. The summed E-state index contributed by atoms with van der Waals surface area (Å²) in [5.41, 5.74) is 2.83. The molecule has 0 aliphatic rings. The van der Waals surface area contributed by atoms with E-state index in [4.69, 9.17) is 0 Å². The Kier molecular flexibility index (Phi) is 6.18. The summed E-state index contributed by atoms with van der Waals surface area (Å²) in [7, 11) is 0. The summed E-state index contributed by atoms with van der Waals surface area (Å²) in [6.07, 6.45) is 0. The minimum Gasteiger partial charge on any atom is -0.330 e. The van der Waals surface area contributed by atoms with Crippen molar-refractivity contribution in [2.75, 3.05) is 10.6 Å². The average molecular weight is 440 g/mol. The van der Waals surface area contributed by atoms with Gasteiger partial charge in [-0.2, -0.15) is 0 Å². The van der Waals surface area contributed by atoms with Gasteiger partial charge in [0.05, 0.1) is 10.9 Å². The second-order valence-electron chi connectivity index (χ2n) is 6.02. The van der Waals surface area contributed by atoms with Crippen LogP contribution in [0.4, 0.5) is 16.0 Å². The quantitative estimate of drug-likeness (QED) is 0.369. The second-order valence-corrected chi connectivity index (χ2v) is 9.44. The molecule has 0 radical (unpaired) electrons. The number of aromatic nitrogens is 3. The van der Waals surface area contributed by atoms with Crippen molar-refractivity contribution < 1.29 is 4.79 Å². The Morgan fingerprint density at radius 1 is 1.00 bits per heavy atom. The number of anilines is 3. The van der Waals surface area contributed by atoms with E-state index in [2.05, 4.69) is 25.8 Å². The summed E-state index contributed by atoms with van der Waals surface area (Å²) in [5.74, 6) is -0.114. The highest BCUT2D eigenvalue weighted by molar-refractivity contribution is 8.02. The molecule has 9 heteroatoms. The van der Waals surface area contributed by atoms with Gasteiger partial charge in [0.1, 0.15) is 0 Å². The highest BCUT2D eigenvalue weighted by Gasteiger charge is 2.19. The number of hydrogen-bond donors (Lipinski definition) is 2. The lowest BCUT2D eigenvalue weighted by Crippen LogP contribution is -2.22. The van der Waals surface area contributed by atoms with E-state index in [1.807, 2.05) is 73.0 Å². The molecule has 0 saturated carbocycles. The molecule has 2 N–H and O–H groups in total. The average Bonchev–Trinajstić information content (AvgIpc) is 3.39. The Hall–Kier alpha value is -2.75. The van der Waals surface area contributed by atoms with Crippen LogP contribution in [0.1, 0.15) is 6.92 Å². The van der Waals surface area contributed by atoms with Crippen LogP contribution in [0.2, 0.25) is 0 Å². The third-order valence-corrected chi connectivity index (χ3v) is 6.66. The number of para-hydroxylation sites is 1. The number of benzene rings is 2. The predicted molar refractivity (Wildman–Crippen MR) is 121 cm³/mol. The van der Waals surface area contributed by atoms with Crippen LogP contribution in [0, 0.1) is 0 Å². The Labute approximate surface area is 180 Å². The molecular weight excluding hydrogens is 422 g/mol. The van der Waals surface area contributed by atoms with Crippen molar-refractivity contribution in [3.8, 4) is 11.3 Å². The maximum Gasteiger partial charge on any atom is 0.239 e. The van der Waals surface area contributed by atoms with Gasteiger partial charge < -0.3 is 10.6 Å². The fourth-order valence-corrected chi connectivity index (χ4v) is 5.08. The highest BCUT2D eigenvalue weighted by atomic mass is 32.2. The van der Waals surface area contributed by atoms with Crippen LogP contribution in [0.3, 0.4) is 0 Å². The Bertz CT molecular complexity index is 1080. The Balaban J connectivity index is 1.34. The summed E-state index contributed by atoms with van der Waals surface area (Å²) < 4.78 is 0.732. The van der Waals surface area contributed by atoms with E-state index < -0.39 is 0 Å². The van der Waals surface area contributed by atoms with E-state index in [0.29, 0.717) is 10.3 Å². The van der Waals surface area contributed by atoms with Gasteiger partial charge in [-0.25, -0.2) is 4.98 Å². The smallest absolute Gasteiger partial charge is 0.239 e. The molecule has 2 aromatic carbocycles. The second kappa shape index (κ2) is 9.17.